The number of urea groups is 1. The van der Waals surface area contributed by atoms with Crippen molar-refractivity contribution in [2.45, 2.75) is 33.1 Å². The number of anilines is 2. The third-order valence-corrected chi connectivity index (χ3v) is 6.30. The Balaban J connectivity index is 1.75. The molecule has 7 nitrogen and oxygen atoms in total. The van der Waals surface area contributed by atoms with Crippen LogP contribution < -0.4 is 20.1 Å². The van der Waals surface area contributed by atoms with Gasteiger partial charge in [-0.3, -0.25) is 0 Å². The summed E-state index contributed by atoms with van der Waals surface area (Å²) in [6, 6.07) is 25.1. The molecule has 0 fully saturated rings. The van der Waals surface area contributed by atoms with E-state index in [-0.39, 0.29) is 16.7 Å². The summed E-state index contributed by atoms with van der Waals surface area (Å²) in [4.78, 5) is 24.9. The number of carbonyl (C=O) groups excluding carboxylic acids is 1. The summed E-state index contributed by atoms with van der Waals surface area (Å²) in [7, 11) is 1.43. The van der Waals surface area contributed by atoms with Gasteiger partial charge in [0, 0.05) is 11.3 Å². The number of nitrogens with one attached hydrogen (secondary N) is 2. The minimum absolute atomic E-state index is 0.0428. The van der Waals surface area contributed by atoms with Crippen molar-refractivity contribution in [2.75, 3.05) is 17.7 Å². The zero-order chi connectivity index (χ0) is 28.2. The van der Waals surface area contributed by atoms with E-state index in [2.05, 4.69) is 31.4 Å². The molecule has 3 N–H and O–H groups in total. The van der Waals surface area contributed by atoms with Crippen LogP contribution in [0, 0.1) is 6.92 Å². The highest BCUT2D eigenvalue weighted by Gasteiger charge is 2.21. The molecule has 4 rings (SSSR count). The van der Waals surface area contributed by atoms with Crippen LogP contribution in [-0.2, 0) is 5.41 Å². The average Bonchev–Trinajstić information content (AvgIpc) is 2.90. The topological polar surface area (TPSA) is 96.9 Å². The van der Waals surface area contributed by atoms with Crippen LogP contribution >= 0.6 is 0 Å². The van der Waals surface area contributed by atoms with Gasteiger partial charge in [0.1, 0.15) is 17.1 Å². The molecule has 0 heterocycles. The van der Waals surface area contributed by atoms with E-state index >= 15 is 0 Å². The number of hydrogen-bond acceptors (Lipinski definition) is 4. The highest BCUT2D eigenvalue weighted by atomic mass is 16.5. The Morgan fingerprint density at radius 1 is 0.744 bits per heavy atom. The Hall–Kier alpha value is -4.78. The van der Waals surface area contributed by atoms with Gasteiger partial charge in [-0.05, 0) is 65.4 Å². The van der Waals surface area contributed by atoms with Crippen molar-refractivity contribution >= 4 is 23.4 Å². The Morgan fingerprint density at radius 3 is 2.03 bits per heavy atom. The molecule has 4 aromatic carbocycles. The number of ether oxygens (including phenoxy) is 2. The predicted octanol–water partition coefficient (Wildman–Crippen LogP) is 8.10. The third-order valence-electron chi connectivity index (χ3n) is 6.30. The zero-order valence-electron chi connectivity index (χ0n) is 22.7. The number of carboxylic acid groups (broad SMARTS) is 1. The van der Waals surface area contributed by atoms with Gasteiger partial charge in [0.2, 0.25) is 0 Å². The quantitative estimate of drug-likeness (QED) is 0.227. The van der Waals surface area contributed by atoms with Gasteiger partial charge in [-0.15, -0.1) is 0 Å². The fraction of sp³-hybridized carbons (Fsp3) is 0.188. The average molecular weight is 525 g/mol. The molecule has 0 spiro atoms. The van der Waals surface area contributed by atoms with Crippen molar-refractivity contribution in [3.63, 3.8) is 0 Å². The Bertz CT molecular complexity index is 1520. The number of hydrogen-bond donors (Lipinski definition) is 3. The first-order valence-electron chi connectivity index (χ1n) is 12.5. The molecule has 0 unspecified atom stereocenters. The van der Waals surface area contributed by atoms with E-state index in [0.717, 1.165) is 11.1 Å². The number of carbonyl (C=O) groups is 2. The summed E-state index contributed by atoms with van der Waals surface area (Å²) in [5.74, 6) is 0.296. The van der Waals surface area contributed by atoms with Gasteiger partial charge >= 0.3 is 12.0 Å². The highest BCUT2D eigenvalue weighted by Crippen LogP contribution is 2.39. The first-order valence-corrected chi connectivity index (χ1v) is 12.5. The maximum atomic E-state index is 13.1. The first kappa shape index (κ1) is 27.3. The van der Waals surface area contributed by atoms with E-state index in [4.69, 9.17) is 9.47 Å². The molecule has 39 heavy (non-hydrogen) atoms. The first-order chi connectivity index (χ1) is 18.6. The van der Waals surface area contributed by atoms with E-state index in [0.29, 0.717) is 34.0 Å². The number of carboxylic acids is 1. The van der Waals surface area contributed by atoms with Crippen molar-refractivity contribution in [3.8, 4) is 28.4 Å². The molecule has 4 aromatic rings. The van der Waals surface area contributed by atoms with Gasteiger partial charge in [-0.2, -0.15) is 0 Å². The summed E-state index contributed by atoms with van der Waals surface area (Å²) >= 11 is 0. The van der Waals surface area contributed by atoms with Crippen LogP contribution in [-0.4, -0.2) is 24.2 Å². The summed E-state index contributed by atoms with van der Waals surface area (Å²) in [5, 5.41) is 15.4. The molecular formula is C32H32N2O5. The Morgan fingerprint density at radius 2 is 1.36 bits per heavy atom. The number of rotatable bonds is 7. The lowest BCUT2D eigenvalue weighted by Crippen LogP contribution is -2.20. The molecule has 0 aliphatic rings. The second kappa shape index (κ2) is 11.3. The molecule has 0 radical (unpaired) electrons. The van der Waals surface area contributed by atoms with Gasteiger partial charge in [-0.1, -0.05) is 69.3 Å². The van der Waals surface area contributed by atoms with Gasteiger partial charge in [0.25, 0.3) is 0 Å². The summed E-state index contributed by atoms with van der Waals surface area (Å²) < 4.78 is 11.6. The lowest BCUT2D eigenvalue weighted by molar-refractivity contribution is 0.0693. The van der Waals surface area contributed by atoms with Crippen molar-refractivity contribution < 1.29 is 24.2 Å². The lowest BCUT2D eigenvalue weighted by Gasteiger charge is -2.23. The number of aryl methyl sites for hydroxylation is 1. The van der Waals surface area contributed by atoms with Gasteiger partial charge in [0.15, 0.2) is 5.75 Å². The van der Waals surface area contributed by atoms with Crippen molar-refractivity contribution in [3.05, 3.63) is 102 Å². The van der Waals surface area contributed by atoms with Gasteiger partial charge in [0.05, 0.1) is 12.8 Å². The largest absolute Gasteiger partial charge is 0.496 e. The summed E-state index contributed by atoms with van der Waals surface area (Å²) in [5.41, 5.74) is 4.29. The maximum absolute atomic E-state index is 13.1. The smallest absolute Gasteiger partial charge is 0.339 e. The molecule has 0 aromatic heterocycles. The van der Waals surface area contributed by atoms with E-state index in [1.165, 1.54) is 7.11 Å². The van der Waals surface area contributed by atoms with E-state index in [1.807, 2.05) is 61.5 Å². The maximum Gasteiger partial charge on any atom is 0.339 e. The SMILES string of the molecule is COc1ccc(-c2ccc(Oc3ccccc3C(C)(C)C)c(NC(=O)Nc3ccccc3C)c2)cc1C(=O)O. The van der Waals surface area contributed by atoms with Crippen LogP contribution in [0.4, 0.5) is 16.2 Å². The fourth-order valence-corrected chi connectivity index (χ4v) is 4.23. The van der Waals surface area contributed by atoms with E-state index in [9.17, 15) is 14.7 Å². The standard InChI is InChI=1S/C32H32N2O5/c1-20-10-6-8-12-25(20)33-31(37)34-26-19-22(21-14-16-27(38-5)23(18-21)30(35)36)15-17-29(26)39-28-13-9-7-11-24(28)32(2,3)4/h6-19H,1-5H3,(H,35,36)(H2,33,34,37). The zero-order valence-corrected chi connectivity index (χ0v) is 22.7. The third kappa shape index (κ3) is 6.38. The van der Waals surface area contributed by atoms with Crippen LogP contribution in [0.25, 0.3) is 11.1 Å². The molecule has 0 saturated heterocycles. The number of aromatic carboxylic acids is 1. The Kier molecular flexibility index (Phi) is 7.91. The molecular weight excluding hydrogens is 492 g/mol. The molecule has 2 amide bonds. The molecule has 0 atom stereocenters. The molecule has 0 saturated carbocycles. The summed E-state index contributed by atoms with van der Waals surface area (Å²) in [6.07, 6.45) is 0. The van der Waals surface area contributed by atoms with Crippen molar-refractivity contribution in [2.24, 2.45) is 0 Å². The number of para-hydroxylation sites is 2. The lowest BCUT2D eigenvalue weighted by atomic mass is 9.86. The van der Waals surface area contributed by atoms with Crippen LogP contribution in [0.3, 0.4) is 0 Å². The van der Waals surface area contributed by atoms with Gasteiger partial charge < -0.3 is 25.2 Å². The number of benzene rings is 4. The number of amides is 2. The number of methoxy groups -OCH3 is 1. The summed E-state index contributed by atoms with van der Waals surface area (Å²) in [6.45, 7) is 8.24. The predicted molar refractivity (Wildman–Crippen MR) is 154 cm³/mol. The van der Waals surface area contributed by atoms with E-state index < -0.39 is 12.0 Å². The molecule has 0 aliphatic carbocycles. The minimum atomic E-state index is -1.09. The second-order valence-corrected chi connectivity index (χ2v) is 10.2. The van der Waals surface area contributed by atoms with E-state index in [1.54, 1.807) is 30.3 Å². The molecule has 0 aliphatic heterocycles. The van der Waals surface area contributed by atoms with Crippen LogP contribution in [0.1, 0.15) is 42.3 Å². The molecule has 200 valence electrons. The van der Waals surface area contributed by atoms with Crippen molar-refractivity contribution in [1.82, 2.24) is 0 Å². The highest BCUT2D eigenvalue weighted by molar-refractivity contribution is 6.01. The van der Waals surface area contributed by atoms with Crippen LogP contribution in [0.2, 0.25) is 0 Å². The molecule has 7 heteroatoms. The van der Waals surface area contributed by atoms with Crippen molar-refractivity contribution in [1.29, 1.82) is 0 Å². The fourth-order valence-electron chi connectivity index (χ4n) is 4.23. The monoisotopic (exact) mass is 524 g/mol. The minimum Gasteiger partial charge on any atom is -0.496 e. The normalized spacial score (nSPS) is 11.0. The van der Waals surface area contributed by atoms with Crippen LogP contribution in [0.5, 0.6) is 17.2 Å². The second-order valence-electron chi connectivity index (χ2n) is 10.2. The van der Waals surface area contributed by atoms with Crippen LogP contribution in [0.15, 0.2) is 84.9 Å². The Labute approximate surface area is 228 Å². The molecule has 0 bridgehead atoms. The van der Waals surface area contributed by atoms with Gasteiger partial charge in [-0.25, -0.2) is 9.59 Å².